The van der Waals surface area contributed by atoms with Crippen LogP contribution in [0.25, 0.3) is 0 Å². The second-order valence-corrected chi connectivity index (χ2v) is 6.07. The summed E-state index contributed by atoms with van der Waals surface area (Å²) in [7, 11) is 0. The molecule has 0 aliphatic heterocycles. The van der Waals surface area contributed by atoms with E-state index >= 15 is 0 Å². The van der Waals surface area contributed by atoms with Gasteiger partial charge in [-0.1, -0.05) is 0 Å². The molecule has 0 heterocycles. The fraction of sp³-hybridized carbons (Fsp3) is 0.615. The zero-order valence-corrected chi connectivity index (χ0v) is 14.6. The molecular weight excluding hydrogens is 356 g/mol. The normalized spacial score (nSPS) is 13.9. The van der Waals surface area contributed by atoms with Gasteiger partial charge in [0.1, 0.15) is 18.1 Å². The van der Waals surface area contributed by atoms with Crippen LogP contribution in [0.15, 0.2) is 0 Å². The number of carbonyl (C=O) groups is 5. The number of carboxylic acid groups (broad SMARTS) is 2. The highest BCUT2D eigenvalue weighted by atomic mass is 32.2. The van der Waals surface area contributed by atoms with E-state index in [-0.39, 0.29) is 18.1 Å². The van der Waals surface area contributed by atoms with Crippen LogP contribution in [0.3, 0.4) is 0 Å². The fourth-order valence-electron chi connectivity index (χ4n) is 1.45. The summed E-state index contributed by atoms with van der Waals surface area (Å²) in [5.74, 6) is -4.50. The van der Waals surface area contributed by atoms with Crippen molar-refractivity contribution in [3.63, 3.8) is 0 Å². The number of hydrogen-bond donors (Lipinski definition) is 6. The quantitative estimate of drug-likeness (QED) is 0.223. The van der Waals surface area contributed by atoms with E-state index in [9.17, 15) is 24.0 Å². The molecule has 3 atom stereocenters. The number of rotatable bonds is 11. The van der Waals surface area contributed by atoms with Gasteiger partial charge in [0.05, 0.1) is 12.3 Å². The molecule has 0 radical (unpaired) electrons. The van der Waals surface area contributed by atoms with Crippen LogP contribution in [0.5, 0.6) is 0 Å². The van der Waals surface area contributed by atoms with Crippen molar-refractivity contribution < 1.29 is 34.2 Å². The Balaban J connectivity index is 4.28. The zero-order chi connectivity index (χ0) is 19.6. The first-order chi connectivity index (χ1) is 11.6. The minimum Gasteiger partial charge on any atom is -0.480 e. The van der Waals surface area contributed by atoms with Crippen LogP contribution in [-0.2, 0) is 24.0 Å². The van der Waals surface area contributed by atoms with Gasteiger partial charge in [-0.05, 0) is 13.8 Å². The van der Waals surface area contributed by atoms with E-state index in [1.807, 2.05) is 0 Å². The van der Waals surface area contributed by atoms with E-state index < -0.39 is 47.8 Å². The Labute approximate surface area is 148 Å². The molecule has 0 fully saturated rings. The number of carboxylic acids is 2. The molecule has 11 nitrogen and oxygen atoms in total. The van der Waals surface area contributed by atoms with Gasteiger partial charge in [-0.2, -0.15) is 0 Å². The first-order valence-electron chi connectivity index (χ1n) is 7.21. The van der Waals surface area contributed by atoms with Gasteiger partial charge in [0, 0.05) is 5.75 Å². The molecule has 25 heavy (non-hydrogen) atoms. The van der Waals surface area contributed by atoms with Crippen LogP contribution >= 0.6 is 11.8 Å². The van der Waals surface area contributed by atoms with Crippen molar-refractivity contribution in [2.24, 2.45) is 5.73 Å². The van der Waals surface area contributed by atoms with Gasteiger partial charge >= 0.3 is 11.9 Å². The monoisotopic (exact) mass is 378 g/mol. The molecule has 0 aliphatic rings. The van der Waals surface area contributed by atoms with Crippen LogP contribution in [-0.4, -0.2) is 76.0 Å². The number of hydrogen-bond acceptors (Lipinski definition) is 7. The lowest BCUT2D eigenvalue weighted by atomic mass is 10.2. The van der Waals surface area contributed by atoms with Gasteiger partial charge in [-0.15, -0.1) is 11.8 Å². The van der Waals surface area contributed by atoms with Crippen molar-refractivity contribution >= 4 is 41.4 Å². The number of thioether (sulfide) groups is 1. The Hall–Kier alpha value is -2.34. The van der Waals surface area contributed by atoms with Crippen LogP contribution in [0.4, 0.5) is 0 Å². The molecule has 0 bridgehead atoms. The summed E-state index contributed by atoms with van der Waals surface area (Å²) in [4.78, 5) is 56.1. The molecule has 142 valence electrons. The van der Waals surface area contributed by atoms with Gasteiger partial charge in [-0.3, -0.25) is 19.2 Å². The number of amides is 3. The van der Waals surface area contributed by atoms with Crippen LogP contribution in [0, 0.1) is 0 Å². The topological polar surface area (TPSA) is 188 Å². The van der Waals surface area contributed by atoms with Gasteiger partial charge in [0.15, 0.2) is 0 Å². The lowest BCUT2D eigenvalue weighted by Crippen LogP contribution is -2.49. The number of carbonyl (C=O) groups excluding carboxylic acids is 3. The van der Waals surface area contributed by atoms with Gasteiger partial charge < -0.3 is 31.9 Å². The number of nitrogens with one attached hydrogen (secondary N) is 3. The molecule has 0 spiro atoms. The summed E-state index contributed by atoms with van der Waals surface area (Å²) in [5.41, 5.74) is 5.08. The molecule has 0 aromatic carbocycles. The van der Waals surface area contributed by atoms with Crippen molar-refractivity contribution in [1.29, 1.82) is 0 Å². The molecule has 12 heteroatoms. The minimum absolute atomic E-state index is 0.0644. The average molecular weight is 378 g/mol. The van der Waals surface area contributed by atoms with Gasteiger partial charge in [-0.25, -0.2) is 4.79 Å². The lowest BCUT2D eigenvalue weighted by molar-refractivity contribution is -0.141. The molecule has 7 N–H and O–H groups in total. The highest BCUT2D eigenvalue weighted by Gasteiger charge is 2.22. The van der Waals surface area contributed by atoms with E-state index in [1.165, 1.54) is 13.8 Å². The molecule has 0 saturated heterocycles. The average Bonchev–Trinajstić information content (AvgIpc) is 2.52. The van der Waals surface area contributed by atoms with Crippen molar-refractivity contribution in [2.75, 3.05) is 18.1 Å². The summed E-state index contributed by atoms with van der Waals surface area (Å²) in [6.07, 6.45) is 0. The van der Waals surface area contributed by atoms with E-state index in [0.29, 0.717) is 0 Å². The highest BCUT2D eigenvalue weighted by Crippen LogP contribution is 2.03. The third kappa shape index (κ3) is 9.52. The van der Waals surface area contributed by atoms with E-state index in [1.54, 1.807) is 0 Å². The van der Waals surface area contributed by atoms with E-state index in [4.69, 9.17) is 15.9 Å². The Bertz CT molecular complexity index is 529. The van der Waals surface area contributed by atoms with Crippen molar-refractivity contribution in [1.82, 2.24) is 16.0 Å². The Morgan fingerprint density at radius 2 is 1.52 bits per heavy atom. The predicted molar refractivity (Wildman–Crippen MR) is 88.8 cm³/mol. The second-order valence-electron chi connectivity index (χ2n) is 5.04. The summed E-state index contributed by atoms with van der Waals surface area (Å²) < 4.78 is 0. The van der Waals surface area contributed by atoms with Gasteiger partial charge in [0.2, 0.25) is 17.7 Å². The maximum absolute atomic E-state index is 11.7. The van der Waals surface area contributed by atoms with Crippen LogP contribution < -0.4 is 21.7 Å². The van der Waals surface area contributed by atoms with Crippen molar-refractivity contribution in [3.05, 3.63) is 0 Å². The second kappa shape index (κ2) is 11.3. The molecule has 3 amide bonds. The third-order valence-electron chi connectivity index (χ3n) is 2.84. The lowest BCUT2D eigenvalue weighted by Gasteiger charge is -2.17. The Morgan fingerprint density at radius 3 is 2.00 bits per heavy atom. The molecule has 0 aromatic rings. The van der Waals surface area contributed by atoms with Crippen molar-refractivity contribution in [3.8, 4) is 0 Å². The first kappa shape index (κ1) is 22.7. The molecule has 0 aliphatic carbocycles. The third-order valence-corrected chi connectivity index (χ3v) is 3.87. The summed E-state index contributed by atoms with van der Waals surface area (Å²) in [6.45, 7) is 2.32. The fourth-order valence-corrected chi connectivity index (χ4v) is 2.29. The maximum Gasteiger partial charge on any atom is 0.327 e. The Kier molecular flexibility index (Phi) is 10.2. The molecule has 0 saturated carbocycles. The molecular formula is C13H22N4O7S. The van der Waals surface area contributed by atoms with E-state index in [0.717, 1.165) is 11.8 Å². The molecule has 0 aromatic heterocycles. The van der Waals surface area contributed by atoms with Crippen LogP contribution in [0.1, 0.15) is 13.8 Å². The summed E-state index contributed by atoms with van der Waals surface area (Å²) >= 11 is 0.949. The predicted octanol–water partition coefficient (Wildman–Crippen LogP) is -2.66. The zero-order valence-electron chi connectivity index (χ0n) is 13.8. The molecule has 0 unspecified atom stereocenters. The maximum atomic E-state index is 11.7. The number of aliphatic carboxylic acids is 2. The summed E-state index contributed by atoms with van der Waals surface area (Å²) in [5, 5.41) is 24.4. The smallest absolute Gasteiger partial charge is 0.327 e. The van der Waals surface area contributed by atoms with E-state index in [2.05, 4.69) is 16.0 Å². The Morgan fingerprint density at radius 1 is 0.920 bits per heavy atom. The largest absolute Gasteiger partial charge is 0.480 e. The van der Waals surface area contributed by atoms with Crippen LogP contribution in [0.2, 0.25) is 0 Å². The standard InChI is InChI=1S/C13H22N4O7S/c1-6(11(20)16-7(2)12(21)22)15-10(19)5-25-4-8(13(23)24)17-9(18)3-14/h6-8H,3-5,14H2,1-2H3,(H,15,19)(H,16,20)(H,17,18)(H,21,22)(H,23,24)/t6-,7-,8+/m1/s1. The first-order valence-corrected chi connectivity index (χ1v) is 8.36. The summed E-state index contributed by atoms with van der Waals surface area (Å²) in [6, 6.07) is -3.24. The minimum atomic E-state index is -1.26. The molecule has 0 rings (SSSR count). The van der Waals surface area contributed by atoms with Gasteiger partial charge in [0.25, 0.3) is 0 Å². The number of nitrogens with two attached hydrogens (primary N) is 1. The SMILES string of the molecule is C[C@@H](NC(=O)[C@@H](C)NC(=O)CSC[C@H](NC(=O)CN)C(=O)O)C(=O)O. The highest BCUT2D eigenvalue weighted by molar-refractivity contribution is 8.00. The van der Waals surface area contributed by atoms with Crippen molar-refractivity contribution in [2.45, 2.75) is 32.0 Å².